The topological polar surface area (TPSA) is 31.6 Å². The van der Waals surface area contributed by atoms with Crippen molar-refractivity contribution < 1.29 is 0 Å². The van der Waals surface area contributed by atoms with Crippen LogP contribution in [0.4, 0.5) is 0 Å². The van der Waals surface area contributed by atoms with Gasteiger partial charge in [0.15, 0.2) is 0 Å². The number of aromatic nitrogens is 2. The van der Waals surface area contributed by atoms with Crippen molar-refractivity contribution in [1.82, 2.24) is 9.97 Å². The normalized spacial score (nSPS) is 34.2. The van der Waals surface area contributed by atoms with Crippen LogP contribution in [0.3, 0.4) is 0 Å². The molecule has 2 heteroatoms. The predicted molar refractivity (Wildman–Crippen MR) is 79.1 cm³/mol. The second-order valence-electron chi connectivity index (χ2n) is 6.73. The van der Waals surface area contributed by atoms with E-state index in [0.717, 1.165) is 0 Å². The molecule has 2 heterocycles. The van der Waals surface area contributed by atoms with Crippen LogP contribution in [0.5, 0.6) is 0 Å². The van der Waals surface area contributed by atoms with E-state index in [9.17, 15) is 0 Å². The van der Waals surface area contributed by atoms with Gasteiger partial charge >= 0.3 is 0 Å². The Morgan fingerprint density at radius 1 is 0.650 bits per heavy atom. The van der Waals surface area contributed by atoms with Crippen molar-refractivity contribution in [2.24, 2.45) is 0 Å². The molecule has 2 nitrogen and oxygen atoms in total. The first-order valence-electron chi connectivity index (χ1n) is 7.69. The third-order valence-corrected chi connectivity index (χ3v) is 5.86. The van der Waals surface area contributed by atoms with Crippen molar-refractivity contribution in [2.45, 2.75) is 36.5 Å². The average Bonchev–Trinajstić information content (AvgIpc) is 3.23. The Bertz CT molecular complexity index is 733. The van der Waals surface area contributed by atoms with E-state index in [-0.39, 0.29) is 0 Å². The minimum absolute atomic E-state index is 0.643. The standard InChI is InChI=1S/C18H16N2/c1-3-11-5-9(1)13-7-19-17(15(11)13)18-16-12-4-2-10(6-12)14(16)8-20-18/h1-4,7-12,19-20H,5-6H2. The number of allylic oxidation sites excluding steroid dienone is 4. The van der Waals surface area contributed by atoms with Gasteiger partial charge < -0.3 is 9.97 Å². The molecule has 4 bridgehead atoms. The summed E-state index contributed by atoms with van der Waals surface area (Å²) in [4.78, 5) is 7.15. The van der Waals surface area contributed by atoms with E-state index in [0.29, 0.717) is 23.7 Å². The Hall–Kier alpha value is -1.96. The van der Waals surface area contributed by atoms with Gasteiger partial charge in [-0.15, -0.1) is 0 Å². The van der Waals surface area contributed by atoms with Gasteiger partial charge in [0, 0.05) is 36.1 Å². The average molecular weight is 260 g/mol. The highest BCUT2D eigenvalue weighted by atomic mass is 14.8. The number of nitrogens with one attached hydrogen (secondary N) is 2. The highest BCUT2D eigenvalue weighted by molar-refractivity contribution is 5.74. The van der Waals surface area contributed by atoms with Crippen molar-refractivity contribution in [3.05, 3.63) is 59.0 Å². The van der Waals surface area contributed by atoms with Crippen LogP contribution in [0.1, 0.15) is 58.8 Å². The Kier molecular flexibility index (Phi) is 1.49. The van der Waals surface area contributed by atoms with E-state index in [1.165, 1.54) is 35.4 Å². The summed E-state index contributed by atoms with van der Waals surface area (Å²) in [5.41, 5.74) is 8.92. The number of hydrogen-bond acceptors (Lipinski definition) is 0. The van der Waals surface area contributed by atoms with Gasteiger partial charge in [0.2, 0.25) is 0 Å². The van der Waals surface area contributed by atoms with Gasteiger partial charge in [-0.25, -0.2) is 0 Å². The Labute approximate surface area is 117 Å². The van der Waals surface area contributed by atoms with Crippen molar-refractivity contribution in [1.29, 1.82) is 0 Å². The van der Waals surface area contributed by atoms with Crippen LogP contribution in [0, 0.1) is 0 Å². The molecule has 6 rings (SSSR count). The van der Waals surface area contributed by atoms with E-state index >= 15 is 0 Å². The summed E-state index contributed by atoms with van der Waals surface area (Å²) in [5.74, 6) is 2.62. The molecular formula is C18H16N2. The summed E-state index contributed by atoms with van der Waals surface area (Å²) in [6.45, 7) is 0. The molecule has 0 fully saturated rings. The zero-order chi connectivity index (χ0) is 12.8. The van der Waals surface area contributed by atoms with Gasteiger partial charge in [0.25, 0.3) is 0 Å². The van der Waals surface area contributed by atoms with E-state index in [2.05, 4.69) is 46.7 Å². The molecule has 0 saturated carbocycles. The van der Waals surface area contributed by atoms with E-state index < -0.39 is 0 Å². The molecule has 4 atom stereocenters. The lowest BCUT2D eigenvalue weighted by Gasteiger charge is -2.11. The predicted octanol–water partition coefficient (Wildman–Crippen LogP) is 4.29. The zero-order valence-electron chi connectivity index (χ0n) is 11.2. The third kappa shape index (κ3) is 0.943. The van der Waals surface area contributed by atoms with Crippen LogP contribution in [0.15, 0.2) is 36.7 Å². The molecule has 20 heavy (non-hydrogen) atoms. The third-order valence-electron chi connectivity index (χ3n) is 5.86. The van der Waals surface area contributed by atoms with Gasteiger partial charge in [0.1, 0.15) is 0 Å². The first-order valence-corrected chi connectivity index (χ1v) is 7.69. The quantitative estimate of drug-likeness (QED) is 0.717. The Balaban J connectivity index is 1.59. The summed E-state index contributed by atoms with van der Waals surface area (Å²) in [5, 5.41) is 0. The van der Waals surface area contributed by atoms with Crippen LogP contribution in [0.25, 0.3) is 11.4 Å². The largest absolute Gasteiger partial charge is 0.359 e. The lowest BCUT2D eigenvalue weighted by molar-refractivity contribution is 0.793. The fourth-order valence-electron chi connectivity index (χ4n) is 5.01. The first kappa shape index (κ1) is 9.87. The molecule has 0 amide bonds. The van der Waals surface area contributed by atoms with Crippen LogP contribution in [-0.2, 0) is 0 Å². The second kappa shape index (κ2) is 3.03. The molecular weight excluding hydrogens is 244 g/mol. The monoisotopic (exact) mass is 260 g/mol. The van der Waals surface area contributed by atoms with Gasteiger partial charge in [-0.05, 0) is 35.1 Å². The number of hydrogen-bond donors (Lipinski definition) is 2. The number of fused-ring (bicyclic) bond motifs is 10. The number of aromatic amines is 2. The minimum Gasteiger partial charge on any atom is -0.359 e. The molecule has 2 aromatic heterocycles. The van der Waals surface area contributed by atoms with Gasteiger partial charge in [0.05, 0.1) is 11.4 Å². The highest BCUT2D eigenvalue weighted by Crippen LogP contribution is 2.55. The van der Waals surface area contributed by atoms with Crippen molar-refractivity contribution in [2.75, 3.05) is 0 Å². The van der Waals surface area contributed by atoms with Crippen LogP contribution >= 0.6 is 0 Å². The summed E-state index contributed by atoms with van der Waals surface area (Å²) in [6.07, 6.45) is 16.6. The highest BCUT2D eigenvalue weighted by Gasteiger charge is 2.40. The summed E-state index contributed by atoms with van der Waals surface area (Å²) >= 11 is 0. The molecule has 4 unspecified atom stereocenters. The van der Waals surface area contributed by atoms with E-state index in [4.69, 9.17) is 0 Å². The van der Waals surface area contributed by atoms with E-state index in [1.807, 2.05) is 0 Å². The Morgan fingerprint density at radius 2 is 1.10 bits per heavy atom. The van der Waals surface area contributed by atoms with Gasteiger partial charge in [-0.2, -0.15) is 0 Å². The summed E-state index contributed by atoms with van der Waals surface area (Å²) in [6, 6.07) is 0. The SMILES string of the molecule is C1=CC2CC1c1c[nH]c(-c3[nH]cc4c3C3C=CC4C3)c12. The van der Waals surface area contributed by atoms with Crippen molar-refractivity contribution in [3.63, 3.8) is 0 Å². The molecule has 0 saturated heterocycles. The molecule has 4 aliphatic rings. The fraction of sp³-hybridized carbons (Fsp3) is 0.333. The van der Waals surface area contributed by atoms with Gasteiger partial charge in [-0.3, -0.25) is 0 Å². The fourth-order valence-corrected chi connectivity index (χ4v) is 5.01. The first-order chi connectivity index (χ1) is 9.90. The number of rotatable bonds is 1. The van der Waals surface area contributed by atoms with Crippen LogP contribution in [0.2, 0.25) is 0 Å². The maximum atomic E-state index is 3.57. The zero-order valence-corrected chi connectivity index (χ0v) is 11.2. The van der Waals surface area contributed by atoms with Crippen molar-refractivity contribution in [3.8, 4) is 11.4 Å². The summed E-state index contributed by atoms with van der Waals surface area (Å²) in [7, 11) is 0. The molecule has 0 spiro atoms. The lowest BCUT2D eigenvalue weighted by Crippen LogP contribution is -1.96. The van der Waals surface area contributed by atoms with Crippen molar-refractivity contribution >= 4 is 0 Å². The van der Waals surface area contributed by atoms with Crippen LogP contribution < -0.4 is 0 Å². The second-order valence-corrected chi connectivity index (χ2v) is 6.73. The van der Waals surface area contributed by atoms with E-state index in [1.54, 1.807) is 11.1 Å². The van der Waals surface area contributed by atoms with Gasteiger partial charge in [-0.1, -0.05) is 24.3 Å². The number of H-pyrrole nitrogens is 2. The molecule has 4 aliphatic carbocycles. The smallest absolute Gasteiger partial charge is 0.0664 e. The molecule has 2 N–H and O–H groups in total. The summed E-state index contributed by atoms with van der Waals surface area (Å²) < 4.78 is 0. The minimum atomic E-state index is 0.643. The molecule has 0 aromatic carbocycles. The maximum absolute atomic E-state index is 3.57. The maximum Gasteiger partial charge on any atom is 0.0664 e. The molecule has 0 aliphatic heterocycles. The Morgan fingerprint density at radius 3 is 1.60 bits per heavy atom. The molecule has 98 valence electrons. The lowest BCUT2D eigenvalue weighted by atomic mass is 9.93. The van der Waals surface area contributed by atoms with Crippen LogP contribution in [-0.4, -0.2) is 9.97 Å². The molecule has 0 radical (unpaired) electrons. The molecule has 2 aromatic rings.